The molecule has 1 unspecified atom stereocenters. The van der Waals surface area contributed by atoms with E-state index < -0.39 is 5.91 Å². The first-order valence-electron chi connectivity index (χ1n) is 5.40. The molecule has 0 spiro atoms. The average Bonchev–Trinajstić information content (AvgIpc) is 2.21. The van der Waals surface area contributed by atoms with Crippen LogP contribution in [0.15, 0.2) is 18.2 Å². The molecule has 0 bridgehead atoms. The van der Waals surface area contributed by atoms with Gasteiger partial charge in [-0.25, -0.2) is 0 Å². The molecule has 1 amide bonds. The van der Waals surface area contributed by atoms with E-state index >= 15 is 0 Å². The fourth-order valence-corrected chi connectivity index (χ4v) is 1.52. The van der Waals surface area contributed by atoms with Gasteiger partial charge in [-0.05, 0) is 31.5 Å². The smallest absolute Gasteiger partial charge is 0.250 e. The Bertz CT molecular complexity index is 377. The Morgan fingerprint density at radius 1 is 1.50 bits per heavy atom. The molecule has 0 saturated heterocycles. The Hall–Kier alpha value is -1.71. The summed E-state index contributed by atoms with van der Waals surface area (Å²) in [6.07, 6.45) is 2.14. The number of ether oxygens (including phenoxy) is 1. The number of hydrogen-bond donors (Lipinski definition) is 2. The summed E-state index contributed by atoms with van der Waals surface area (Å²) in [6, 6.07) is 4.96. The van der Waals surface area contributed by atoms with Gasteiger partial charge in [-0.1, -0.05) is 13.3 Å². The predicted molar refractivity (Wildman–Crippen MR) is 64.4 cm³/mol. The van der Waals surface area contributed by atoms with Crippen LogP contribution in [-0.2, 0) is 0 Å². The SMILES string of the molecule is CCCC(C)Oc1ccc(N)c(C(N)=O)c1. The first kappa shape index (κ1) is 12.4. The Morgan fingerprint density at radius 2 is 2.19 bits per heavy atom. The van der Waals surface area contributed by atoms with Crippen molar-refractivity contribution in [1.82, 2.24) is 0 Å². The molecule has 16 heavy (non-hydrogen) atoms. The van der Waals surface area contributed by atoms with Crippen LogP contribution in [0, 0.1) is 0 Å². The van der Waals surface area contributed by atoms with Crippen LogP contribution in [0.3, 0.4) is 0 Å². The van der Waals surface area contributed by atoms with Crippen LogP contribution < -0.4 is 16.2 Å². The number of carbonyl (C=O) groups is 1. The Kier molecular flexibility index (Phi) is 4.17. The summed E-state index contributed by atoms with van der Waals surface area (Å²) >= 11 is 0. The van der Waals surface area contributed by atoms with Gasteiger partial charge >= 0.3 is 0 Å². The Labute approximate surface area is 95.6 Å². The van der Waals surface area contributed by atoms with Crippen LogP contribution in [0.4, 0.5) is 5.69 Å². The molecule has 1 aromatic rings. The molecule has 88 valence electrons. The van der Waals surface area contributed by atoms with Gasteiger partial charge in [-0.3, -0.25) is 4.79 Å². The molecule has 0 aliphatic heterocycles. The largest absolute Gasteiger partial charge is 0.491 e. The highest BCUT2D eigenvalue weighted by Crippen LogP contribution is 2.21. The van der Waals surface area contributed by atoms with Crippen LogP contribution in [0.5, 0.6) is 5.75 Å². The van der Waals surface area contributed by atoms with Crippen LogP contribution in [-0.4, -0.2) is 12.0 Å². The first-order chi connectivity index (χ1) is 7.54. The van der Waals surface area contributed by atoms with Gasteiger partial charge in [0.05, 0.1) is 11.7 Å². The highest BCUT2D eigenvalue weighted by atomic mass is 16.5. The minimum absolute atomic E-state index is 0.120. The second-order valence-electron chi connectivity index (χ2n) is 3.83. The Morgan fingerprint density at radius 3 is 2.75 bits per heavy atom. The van der Waals surface area contributed by atoms with E-state index in [1.165, 1.54) is 0 Å². The zero-order chi connectivity index (χ0) is 12.1. The lowest BCUT2D eigenvalue weighted by Crippen LogP contribution is -2.15. The predicted octanol–water partition coefficient (Wildman–Crippen LogP) is 1.94. The number of anilines is 1. The molecular weight excluding hydrogens is 204 g/mol. The van der Waals surface area contributed by atoms with Gasteiger partial charge in [0.2, 0.25) is 0 Å². The number of benzene rings is 1. The highest BCUT2D eigenvalue weighted by Gasteiger charge is 2.09. The number of nitrogen functional groups attached to an aromatic ring is 1. The first-order valence-corrected chi connectivity index (χ1v) is 5.40. The van der Waals surface area contributed by atoms with Gasteiger partial charge in [0.15, 0.2) is 0 Å². The molecule has 0 aromatic heterocycles. The van der Waals surface area contributed by atoms with Crippen molar-refractivity contribution in [3.05, 3.63) is 23.8 Å². The minimum atomic E-state index is -0.536. The van der Waals surface area contributed by atoms with Gasteiger partial charge in [0.1, 0.15) is 5.75 Å². The van der Waals surface area contributed by atoms with Crippen molar-refractivity contribution in [1.29, 1.82) is 0 Å². The number of carbonyl (C=O) groups excluding carboxylic acids is 1. The fraction of sp³-hybridized carbons (Fsp3) is 0.417. The molecule has 0 fully saturated rings. The quantitative estimate of drug-likeness (QED) is 0.747. The lowest BCUT2D eigenvalue weighted by Gasteiger charge is -2.14. The average molecular weight is 222 g/mol. The minimum Gasteiger partial charge on any atom is -0.491 e. The number of nitrogens with two attached hydrogens (primary N) is 2. The lowest BCUT2D eigenvalue weighted by atomic mass is 10.1. The second-order valence-corrected chi connectivity index (χ2v) is 3.83. The molecule has 0 heterocycles. The van der Waals surface area contributed by atoms with Crippen molar-refractivity contribution < 1.29 is 9.53 Å². The maximum absolute atomic E-state index is 11.1. The molecule has 4 N–H and O–H groups in total. The summed E-state index contributed by atoms with van der Waals surface area (Å²) in [5, 5.41) is 0. The van der Waals surface area contributed by atoms with Gasteiger partial charge in [-0.2, -0.15) is 0 Å². The third-order valence-corrected chi connectivity index (χ3v) is 2.32. The van der Waals surface area contributed by atoms with Crippen molar-refractivity contribution in [3.8, 4) is 5.75 Å². The summed E-state index contributed by atoms with van der Waals surface area (Å²) in [5.74, 6) is 0.0926. The molecule has 0 aliphatic carbocycles. The maximum atomic E-state index is 11.1. The van der Waals surface area contributed by atoms with Gasteiger partial charge in [0.25, 0.3) is 5.91 Å². The number of hydrogen-bond acceptors (Lipinski definition) is 3. The molecule has 0 aliphatic rings. The zero-order valence-corrected chi connectivity index (χ0v) is 9.69. The second kappa shape index (κ2) is 5.39. The third kappa shape index (κ3) is 3.15. The van der Waals surface area contributed by atoms with Crippen LogP contribution in [0.25, 0.3) is 0 Å². The summed E-state index contributed by atoms with van der Waals surface area (Å²) in [4.78, 5) is 11.1. The molecule has 1 rings (SSSR count). The summed E-state index contributed by atoms with van der Waals surface area (Å²) in [7, 11) is 0. The fourth-order valence-electron chi connectivity index (χ4n) is 1.52. The van der Waals surface area contributed by atoms with Crippen molar-refractivity contribution in [2.75, 3.05) is 5.73 Å². The zero-order valence-electron chi connectivity index (χ0n) is 9.69. The molecule has 4 heteroatoms. The van der Waals surface area contributed by atoms with E-state index in [0.29, 0.717) is 17.0 Å². The standard InChI is InChI=1S/C12H18N2O2/c1-3-4-8(2)16-9-5-6-11(13)10(7-9)12(14)15/h5-8H,3-4,13H2,1-2H3,(H2,14,15). The third-order valence-electron chi connectivity index (χ3n) is 2.32. The van der Waals surface area contributed by atoms with E-state index in [9.17, 15) is 4.79 Å². The maximum Gasteiger partial charge on any atom is 0.250 e. The molecule has 1 aromatic carbocycles. The molecular formula is C12H18N2O2. The van der Waals surface area contributed by atoms with E-state index in [1.807, 2.05) is 6.92 Å². The van der Waals surface area contributed by atoms with Crippen LogP contribution in [0.2, 0.25) is 0 Å². The van der Waals surface area contributed by atoms with E-state index in [2.05, 4.69) is 6.92 Å². The number of primary amides is 1. The lowest BCUT2D eigenvalue weighted by molar-refractivity contribution is 0.1000. The topological polar surface area (TPSA) is 78.3 Å². The van der Waals surface area contributed by atoms with Crippen molar-refractivity contribution in [2.24, 2.45) is 5.73 Å². The monoisotopic (exact) mass is 222 g/mol. The van der Waals surface area contributed by atoms with E-state index in [4.69, 9.17) is 16.2 Å². The highest BCUT2D eigenvalue weighted by molar-refractivity contribution is 5.98. The van der Waals surface area contributed by atoms with E-state index in [-0.39, 0.29) is 6.10 Å². The van der Waals surface area contributed by atoms with Crippen molar-refractivity contribution in [2.45, 2.75) is 32.8 Å². The summed E-state index contributed by atoms with van der Waals surface area (Å²) in [5.41, 5.74) is 11.5. The van der Waals surface area contributed by atoms with E-state index in [1.54, 1.807) is 18.2 Å². The Balaban J connectivity index is 2.82. The summed E-state index contributed by atoms with van der Waals surface area (Å²) < 4.78 is 5.64. The number of amides is 1. The summed E-state index contributed by atoms with van der Waals surface area (Å²) in [6.45, 7) is 4.08. The number of rotatable bonds is 5. The van der Waals surface area contributed by atoms with Crippen molar-refractivity contribution in [3.63, 3.8) is 0 Å². The molecule has 0 radical (unpaired) electrons. The van der Waals surface area contributed by atoms with Gasteiger partial charge in [-0.15, -0.1) is 0 Å². The molecule has 4 nitrogen and oxygen atoms in total. The van der Waals surface area contributed by atoms with E-state index in [0.717, 1.165) is 12.8 Å². The van der Waals surface area contributed by atoms with Gasteiger partial charge in [0, 0.05) is 5.69 Å². The van der Waals surface area contributed by atoms with Crippen molar-refractivity contribution >= 4 is 11.6 Å². The van der Waals surface area contributed by atoms with Crippen LogP contribution >= 0.6 is 0 Å². The normalized spacial score (nSPS) is 12.1. The van der Waals surface area contributed by atoms with Crippen LogP contribution in [0.1, 0.15) is 37.0 Å². The molecule has 0 saturated carbocycles. The molecule has 1 atom stereocenters. The van der Waals surface area contributed by atoms with Gasteiger partial charge < -0.3 is 16.2 Å².